The molecular formula is C22H24N4O4S2. The Kier molecular flexibility index (Phi) is 6.02. The lowest BCUT2D eigenvalue weighted by molar-refractivity contribution is -0.123. The molecule has 0 radical (unpaired) electrons. The maximum atomic E-state index is 13.5. The Morgan fingerprint density at radius 1 is 1.28 bits per heavy atom. The molecule has 3 aliphatic heterocycles. The SMILES string of the molecule is Cc1cccn2c(=O)c(/C=C3/SC(=S)N(CC4CCCO4)C3=O)c(N3CCOCC3)nc12. The van der Waals surface area contributed by atoms with Gasteiger partial charge < -0.3 is 14.4 Å². The number of carbonyl (C=O) groups is 1. The third-order valence-electron chi connectivity index (χ3n) is 5.93. The number of pyridine rings is 1. The minimum atomic E-state index is -0.204. The van der Waals surface area contributed by atoms with Crippen LogP contribution in [-0.4, -0.2) is 70.1 Å². The van der Waals surface area contributed by atoms with E-state index >= 15 is 0 Å². The lowest BCUT2D eigenvalue weighted by Crippen LogP contribution is -2.39. The summed E-state index contributed by atoms with van der Waals surface area (Å²) < 4.78 is 13.2. The van der Waals surface area contributed by atoms with Gasteiger partial charge in [0.05, 0.1) is 36.3 Å². The van der Waals surface area contributed by atoms with Gasteiger partial charge in [-0.05, 0) is 37.5 Å². The first kappa shape index (κ1) is 21.6. The molecule has 8 nitrogen and oxygen atoms in total. The first-order valence-electron chi connectivity index (χ1n) is 10.7. The van der Waals surface area contributed by atoms with Crippen molar-refractivity contribution in [1.29, 1.82) is 0 Å². The highest BCUT2D eigenvalue weighted by Gasteiger charge is 2.35. The van der Waals surface area contributed by atoms with Gasteiger partial charge in [0.25, 0.3) is 11.5 Å². The van der Waals surface area contributed by atoms with Crippen molar-refractivity contribution in [1.82, 2.24) is 14.3 Å². The number of thiocarbonyl (C=S) groups is 1. The van der Waals surface area contributed by atoms with E-state index in [1.165, 1.54) is 16.2 Å². The normalized spacial score (nSPS) is 23.2. The highest BCUT2D eigenvalue weighted by atomic mass is 32.2. The number of fused-ring (bicyclic) bond motifs is 1. The van der Waals surface area contributed by atoms with Crippen LogP contribution in [0.25, 0.3) is 11.7 Å². The fraction of sp³-hybridized carbons (Fsp3) is 0.455. The quantitative estimate of drug-likeness (QED) is 0.495. The van der Waals surface area contributed by atoms with Gasteiger partial charge in [-0.3, -0.25) is 18.9 Å². The van der Waals surface area contributed by atoms with Crippen LogP contribution in [0.3, 0.4) is 0 Å². The van der Waals surface area contributed by atoms with E-state index in [1.807, 2.05) is 19.1 Å². The molecule has 2 aromatic heterocycles. The molecule has 3 fully saturated rings. The van der Waals surface area contributed by atoms with Gasteiger partial charge >= 0.3 is 0 Å². The fourth-order valence-electron chi connectivity index (χ4n) is 4.22. The lowest BCUT2D eigenvalue weighted by atomic mass is 10.2. The third-order valence-corrected chi connectivity index (χ3v) is 7.31. The zero-order valence-corrected chi connectivity index (χ0v) is 19.4. The molecule has 0 aromatic carbocycles. The van der Waals surface area contributed by atoms with E-state index in [0.29, 0.717) is 59.1 Å². The van der Waals surface area contributed by atoms with Crippen molar-refractivity contribution in [2.75, 3.05) is 44.4 Å². The number of nitrogens with zero attached hydrogens (tertiary/aromatic N) is 4. The Balaban J connectivity index is 1.57. The van der Waals surface area contributed by atoms with E-state index in [-0.39, 0.29) is 17.6 Å². The van der Waals surface area contributed by atoms with Gasteiger partial charge in [-0.15, -0.1) is 0 Å². The highest BCUT2D eigenvalue weighted by Crippen LogP contribution is 2.34. The largest absolute Gasteiger partial charge is 0.378 e. The van der Waals surface area contributed by atoms with Crippen LogP contribution in [0.2, 0.25) is 0 Å². The van der Waals surface area contributed by atoms with Gasteiger partial charge in [0.1, 0.15) is 15.8 Å². The highest BCUT2D eigenvalue weighted by molar-refractivity contribution is 8.26. The molecule has 1 amide bonds. The monoisotopic (exact) mass is 472 g/mol. The number of aromatic nitrogens is 2. The second-order valence-electron chi connectivity index (χ2n) is 8.07. The average Bonchev–Trinajstić information content (AvgIpc) is 3.41. The summed E-state index contributed by atoms with van der Waals surface area (Å²) in [6.07, 6.45) is 5.30. The summed E-state index contributed by atoms with van der Waals surface area (Å²) in [7, 11) is 0. The van der Waals surface area contributed by atoms with Crippen molar-refractivity contribution >= 4 is 51.7 Å². The van der Waals surface area contributed by atoms with Crippen molar-refractivity contribution in [3.63, 3.8) is 0 Å². The van der Waals surface area contributed by atoms with E-state index < -0.39 is 0 Å². The summed E-state index contributed by atoms with van der Waals surface area (Å²) in [5, 5.41) is 0. The fourth-order valence-corrected chi connectivity index (χ4v) is 5.48. The van der Waals surface area contributed by atoms with E-state index in [2.05, 4.69) is 4.90 Å². The predicted molar refractivity (Wildman–Crippen MR) is 128 cm³/mol. The molecule has 32 heavy (non-hydrogen) atoms. The Morgan fingerprint density at radius 3 is 2.84 bits per heavy atom. The Morgan fingerprint density at radius 2 is 2.09 bits per heavy atom. The second-order valence-corrected chi connectivity index (χ2v) is 9.74. The van der Waals surface area contributed by atoms with E-state index in [0.717, 1.165) is 25.0 Å². The number of amides is 1. The average molecular weight is 473 g/mol. The molecule has 168 valence electrons. The molecule has 1 unspecified atom stereocenters. The van der Waals surface area contributed by atoms with Gasteiger partial charge in [0.2, 0.25) is 0 Å². The van der Waals surface area contributed by atoms with E-state index in [4.69, 9.17) is 26.7 Å². The van der Waals surface area contributed by atoms with Crippen molar-refractivity contribution in [2.24, 2.45) is 0 Å². The first-order chi connectivity index (χ1) is 15.5. The maximum Gasteiger partial charge on any atom is 0.267 e. The molecule has 10 heteroatoms. The number of carbonyl (C=O) groups excluding carboxylic acids is 1. The van der Waals surface area contributed by atoms with E-state index in [1.54, 1.807) is 17.2 Å². The summed E-state index contributed by atoms with van der Waals surface area (Å²) in [6.45, 7) is 5.50. The zero-order chi connectivity index (χ0) is 22.2. The standard InChI is InChI=1S/C22H24N4O4S2/c1-14-4-2-6-25-18(14)23-19(24-7-10-29-11-8-24)16(20(25)27)12-17-21(28)26(22(31)32-17)13-15-5-3-9-30-15/h2,4,6,12,15H,3,5,7-11,13H2,1H3/b17-12+. The molecule has 3 saturated heterocycles. The number of aryl methyl sites for hydroxylation is 1. The lowest BCUT2D eigenvalue weighted by Gasteiger charge is -2.29. The molecular weight excluding hydrogens is 448 g/mol. The van der Waals surface area contributed by atoms with Crippen LogP contribution in [0.5, 0.6) is 0 Å². The molecule has 0 N–H and O–H groups in total. The molecule has 3 aliphatic rings. The molecule has 0 bridgehead atoms. The van der Waals surface area contributed by atoms with Crippen LogP contribution in [0.4, 0.5) is 5.82 Å². The van der Waals surface area contributed by atoms with Crippen LogP contribution in [0.15, 0.2) is 28.0 Å². The maximum absolute atomic E-state index is 13.5. The number of anilines is 1. The number of hydrogen-bond donors (Lipinski definition) is 0. The van der Waals surface area contributed by atoms with Crippen LogP contribution in [0, 0.1) is 6.92 Å². The predicted octanol–water partition coefficient (Wildman–Crippen LogP) is 2.22. The van der Waals surface area contributed by atoms with Crippen LogP contribution in [0.1, 0.15) is 24.0 Å². The van der Waals surface area contributed by atoms with Gasteiger partial charge in [0.15, 0.2) is 0 Å². The Hall–Kier alpha value is -2.27. The molecule has 2 aromatic rings. The molecule has 0 aliphatic carbocycles. The Bertz CT molecular complexity index is 1170. The van der Waals surface area contributed by atoms with Crippen LogP contribution < -0.4 is 10.5 Å². The third kappa shape index (κ3) is 3.96. The van der Waals surface area contributed by atoms with Crippen molar-refractivity contribution in [2.45, 2.75) is 25.9 Å². The van der Waals surface area contributed by atoms with Crippen LogP contribution >= 0.6 is 24.0 Å². The number of hydrogen-bond acceptors (Lipinski definition) is 8. The van der Waals surface area contributed by atoms with E-state index in [9.17, 15) is 9.59 Å². The summed E-state index contributed by atoms with van der Waals surface area (Å²) in [5.41, 5.74) is 1.72. The van der Waals surface area contributed by atoms with Gasteiger partial charge in [-0.25, -0.2) is 4.98 Å². The molecule has 5 heterocycles. The number of thioether (sulfide) groups is 1. The van der Waals surface area contributed by atoms with Crippen molar-refractivity contribution < 1.29 is 14.3 Å². The summed E-state index contributed by atoms with van der Waals surface area (Å²) in [5.74, 6) is 0.397. The van der Waals surface area contributed by atoms with Crippen molar-refractivity contribution in [3.8, 4) is 0 Å². The summed E-state index contributed by atoms with van der Waals surface area (Å²) in [6, 6.07) is 3.76. The summed E-state index contributed by atoms with van der Waals surface area (Å²) >= 11 is 6.70. The van der Waals surface area contributed by atoms with Crippen molar-refractivity contribution in [3.05, 3.63) is 44.7 Å². The molecule has 5 rings (SSSR count). The van der Waals surface area contributed by atoms with Gasteiger partial charge in [0, 0.05) is 25.9 Å². The zero-order valence-electron chi connectivity index (χ0n) is 17.8. The second kappa shape index (κ2) is 8.93. The smallest absolute Gasteiger partial charge is 0.267 e. The number of rotatable bonds is 4. The molecule has 0 saturated carbocycles. The first-order valence-corrected chi connectivity index (χ1v) is 12.0. The minimum absolute atomic E-state index is 0.0108. The minimum Gasteiger partial charge on any atom is -0.378 e. The number of ether oxygens (including phenoxy) is 2. The topological polar surface area (TPSA) is 76.4 Å². The van der Waals surface area contributed by atoms with Gasteiger partial charge in [-0.1, -0.05) is 30.0 Å². The number of morpholine rings is 1. The summed E-state index contributed by atoms with van der Waals surface area (Å²) in [4.78, 5) is 35.6. The molecule has 1 atom stereocenters. The van der Waals surface area contributed by atoms with Gasteiger partial charge in [-0.2, -0.15) is 0 Å². The molecule has 0 spiro atoms. The Labute approximate surface area is 195 Å². The van der Waals surface area contributed by atoms with Crippen LogP contribution in [-0.2, 0) is 14.3 Å².